The van der Waals surface area contributed by atoms with Crippen LogP contribution in [0, 0.1) is 18.3 Å². The molecule has 162 valence electrons. The summed E-state index contributed by atoms with van der Waals surface area (Å²) in [7, 11) is 0. The first-order chi connectivity index (χ1) is 15.5. The number of amides is 1. The molecule has 4 rings (SSSR count). The average Bonchev–Trinajstić information content (AvgIpc) is 2.80. The van der Waals surface area contributed by atoms with E-state index in [0.29, 0.717) is 28.5 Å². The molecule has 3 aromatic heterocycles. The van der Waals surface area contributed by atoms with Gasteiger partial charge in [-0.2, -0.15) is 5.26 Å². The van der Waals surface area contributed by atoms with Crippen LogP contribution in [0.3, 0.4) is 0 Å². The Kier molecular flexibility index (Phi) is 6.07. The van der Waals surface area contributed by atoms with E-state index >= 15 is 0 Å². The monoisotopic (exact) mass is 429 g/mol. The fourth-order valence-electron chi connectivity index (χ4n) is 3.61. The number of aryl methyl sites for hydroxylation is 1. The predicted molar refractivity (Wildman–Crippen MR) is 121 cm³/mol. The van der Waals surface area contributed by atoms with Crippen LogP contribution < -0.4 is 21.3 Å². The van der Waals surface area contributed by atoms with E-state index in [4.69, 9.17) is 11.0 Å². The maximum atomic E-state index is 11.9. The van der Waals surface area contributed by atoms with E-state index in [9.17, 15) is 4.79 Å². The summed E-state index contributed by atoms with van der Waals surface area (Å²) in [6.45, 7) is 3.46. The summed E-state index contributed by atoms with van der Waals surface area (Å²) >= 11 is 0. The van der Waals surface area contributed by atoms with Crippen LogP contribution in [0.2, 0.25) is 0 Å². The van der Waals surface area contributed by atoms with Crippen molar-refractivity contribution in [3.05, 3.63) is 59.8 Å². The van der Waals surface area contributed by atoms with Gasteiger partial charge in [0.15, 0.2) is 0 Å². The number of anilines is 4. The summed E-state index contributed by atoms with van der Waals surface area (Å²) in [5, 5.41) is 15.5. The van der Waals surface area contributed by atoms with Crippen molar-refractivity contribution < 1.29 is 4.79 Å². The molecule has 0 atom stereocenters. The van der Waals surface area contributed by atoms with Crippen LogP contribution in [0.5, 0.6) is 0 Å². The molecule has 0 saturated carbocycles. The molecule has 10 heteroatoms. The smallest absolute Gasteiger partial charge is 0.252 e. The number of aromatic nitrogens is 4. The second-order valence-electron chi connectivity index (χ2n) is 7.57. The maximum Gasteiger partial charge on any atom is 0.252 e. The van der Waals surface area contributed by atoms with Gasteiger partial charge in [0.25, 0.3) is 5.91 Å². The molecule has 1 aliphatic rings. The van der Waals surface area contributed by atoms with E-state index < -0.39 is 5.91 Å². The Labute approximate surface area is 185 Å². The summed E-state index contributed by atoms with van der Waals surface area (Å²) in [5.41, 5.74) is 7.86. The van der Waals surface area contributed by atoms with Crippen molar-refractivity contribution in [2.75, 3.05) is 28.6 Å². The van der Waals surface area contributed by atoms with Crippen molar-refractivity contribution in [3.8, 4) is 6.07 Å². The number of carbonyl (C=O) groups excluding carboxylic acids is 1. The second-order valence-corrected chi connectivity index (χ2v) is 7.57. The molecule has 0 aromatic carbocycles. The molecule has 1 saturated heterocycles. The van der Waals surface area contributed by atoms with Gasteiger partial charge in [0.2, 0.25) is 0 Å². The van der Waals surface area contributed by atoms with Gasteiger partial charge in [-0.3, -0.25) is 9.78 Å². The lowest BCUT2D eigenvalue weighted by Crippen LogP contribution is -2.39. The van der Waals surface area contributed by atoms with Gasteiger partial charge in [-0.25, -0.2) is 15.0 Å². The van der Waals surface area contributed by atoms with Crippen LogP contribution in [-0.2, 0) is 0 Å². The molecule has 1 aliphatic heterocycles. The van der Waals surface area contributed by atoms with Gasteiger partial charge in [-0.1, -0.05) is 0 Å². The summed E-state index contributed by atoms with van der Waals surface area (Å²) < 4.78 is 0. The Morgan fingerprint density at radius 1 is 1.16 bits per heavy atom. The minimum Gasteiger partial charge on any atom is -0.381 e. The molecule has 0 radical (unpaired) electrons. The highest BCUT2D eigenvalue weighted by Crippen LogP contribution is 2.25. The van der Waals surface area contributed by atoms with Crippen LogP contribution in [0.15, 0.2) is 43.0 Å². The lowest BCUT2D eigenvalue weighted by Gasteiger charge is -2.34. The molecule has 0 aliphatic carbocycles. The average molecular weight is 429 g/mol. The van der Waals surface area contributed by atoms with Gasteiger partial charge < -0.3 is 21.3 Å². The van der Waals surface area contributed by atoms with Crippen LogP contribution in [0.1, 0.15) is 34.5 Å². The lowest BCUT2D eigenvalue weighted by molar-refractivity contribution is 0.100. The number of nitriles is 1. The number of primary amides is 1. The molecule has 3 aromatic rings. The van der Waals surface area contributed by atoms with E-state index in [-0.39, 0.29) is 6.04 Å². The molecule has 0 spiro atoms. The van der Waals surface area contributed by atoms with E-state index in [0.717, 1.165) is 37.4 Å². The fraction of sp³-hybridized carbons (Fsp3) is 0.273. The van der Waals surface area contributed by atoms with E-state index in [2.05, 4.69) is 41.5 Å². The largest absolute Gasteiger partial charge is 0.381 e. The van der Waals surface area contributed by atoms with Gasteiger partial charge in [-0.05, 0) is 31.9 Å². The van der Waals surface area contributed by atoms with Crippen molar-refractivity contribution >= 4 is 29.0 Å². The Balaban J connectivity index is 1.44. The first-order valence-corrected chi connectivity index (χ1v) is 10.2. The number of pyridine rings is 2. The molecular formula is C22H23N9O. The highest BCUT2D eigenvalue weighted by Gasteiger charge is 2.22. The van der Waals surface area contributed by atoms with E-state index in [1.54, 1.807) is 30.7 Å². The molecule has 32 heavy (non-hydrogen) atoms. The predicted octanol–water partition coefficient (Wildman–Crippen LogP) is 2.37. The minimum atomic E-state index is -0.541. The van der Waals surface area contributed by atoms with E-state index in [1.807, 2.05) is 13.0 Å². The number of nitrogens with zero attached hydrogens (tertiary/aromatic N) is 6. The Hall–Kier alpha value is -4.26. The van der Waals surface area contributed by atoms with Crippen molar-refractivity contribution in [2.45, 2.75) is 25.8 Å². The van der Waals surface area contributed by atoms with Gasteiger partial charge in [-0.15, -0.1) is 0 Å². The Bertz CT molecular complexity index is 1150. The zero-order valence-electron chi connectivity index (χ0n) is 17.6. The number of rotatable bonds is 6. The van der Waals surface area contributed by atoms with Crippen LogP contribution in [0.25, 0.3) is 0 Å². The molecule has 0 bridgehead atoms. The zero-order chi connectivity index (χ0) is 22.5. The quantitative estimate of drug-likeness (QED) is 0.537. The second kappa shape index (κ2) is 9.26. The number of hydrogen-bond donors (Lipinski definition) is 3. The van der Waals surface area contributed by atoms with Crippen molar-refractivity contribution in [1.82, 2.24) is 19.9 Å². The van der Waals surface area contributed by atoms with Gasteiger partial charge in [0, 0.05) is 43.8 Å². The molecule has 0 unspecified atom stereocenters. The normalized spacial score (nSPS) is 13.9. The van der Waals surface area contributed by atoms with E-state index in [1.165, 1.54) is 6.20 Å². The third-order valence-corrected chi connectivity index (χ3v) is 5.24. The fourth-order valence-corrected chi connectivity index (χ4v) is 3.61. The maximum absolute atomic E-state index is 11.9. The molecule has 4 N–H and O–H groups in total. The summed E-state index contributed by atoms with van der Waals surface area (Å²) in [6.07, 6.45) is 8.04. The highest BCUT2D eigenvalue weighted by molar-refractivity contribution is 5.98. The molecule has 4 heterocycles. The molecular weight excluding hydrogens is 406 g/mol. The number of nitrogens with one attached hydrogen (secondary N) is 2. The van der Waals surface area contributed by atoms with Crippen molar-refractivity contribution in [3.63, 3.8) is 0 Å². The highest BCUT2D eigenvalue weighted by atomic mass is 16.1. The van der Waals surface area contributed by atoms with Gasteiger partial charge in [0.1, 0.15) is 23.5 Å². The Morgan fingerprint density at radius 2 is 1.97 bits per heavy atom. The number of carbonyl (C=O) groups is 1. The number of hydrogen-bond acceptors (Lipinski definition) is 9. The third-order valence-electron chi connectivity index (χ3n) is 5.24. The summed E-state index contributed by atoms with van der Waals surface area (Å²) in [6, 6.07) is 7.65. The SMILES string of the molecule is Cc1cncc(Nc2cc(NC3CCN(c4ccc(C#N)cn4)CC3)c(C(N)=O)cn2)n1. The van der Waals surface area contributed by atoms with Crippen molar-refractivity contribution in [1.29, 1.82) is 5.26 Å². The van der Waals surface area contributed by atoms with Gasteiger partial charge >= 0.3 is 0 Å². The topological polar surface area (TPSA) is 146 Å². The molecule has 1 amide bonds. The number of piperidine rings is 1. The zero-order valence-corrected chi connectivity index (χ0v) is 17.6. The molecule has 10 nitrogen and oxygen atoms in total. The van der Waals surface area contributed by atoms with Crippen molar-refractivity contribution in [2.24, 2.45) is 5.73 Å². The standard InChI is InChI=1S/C22H23N9O/c1-14-10-25-13-20(28-14)30-19-8-18(17(12-26-19)22(24)32)29-16-4-6-31(7-5-16)21-3-2-15(9-23)11-27-21/h2-3,8,10-13,16H,4-7H2,1H3,(H2,24,32)(H2,26,28,29,30). The van der Waals surface area contributed by atoms with Crippen LogP contribution >= 0.6 is 0 Å². The first-order valence-electron chi connectivity index (χ1n) is 10.2. The summed E-state index contributed by atoms with van der Waals surface area (Å²) in [4.78, 5) is 31.2. The molecule has 1 fully saturated rings. The van der Waals surface area contributed by atoms with Crippen LogP contribution in [-0.4, -0.2) is 45.0 Å². The number of nitrogens with two attached hydrogens (primary N) is 1. The lowest BCUT2D eigenvalue weighted by atomic mass is 10.0. The minimum absolute atomic E-state index is 0.164. The van der Waals surface area contributed by atoms with Gasteiger partial charge in [0.05, 0.1) is 28.7 Å². The Morgan fingerprint density at radius 3 is 2.62 bits per heavy atom. The van der Waals surface area contributed by atoms with Crippen LogP contribution in [0.4, 0.5) is 23.1 Å². The third kappa shape index (κ3) is 4.89. The first kappa shape index (κ1) is 21.0. The summed E-state index contributed by atoms with van der Waals surface area (Å²) in [5.74, 6) is 1.42.